The second-order valence-electron chi connectivity index (χ2n) is 7.01. The first-order valence-electron chi connectivity index (χ1n) is 9.70. The molecule has 1 fully saturated rings. The van der Waals surface area contributed by atoms with E-state index < -0.39 is 0 Å². The number of nitrogens with one attached hydrogen (secondary N) is 1. The van der Waals surface area contributed by atoms with Crippen LogP contribution in [0.4, 0.5) is 5.69 Å². The number of hydrogen-bond donors (Lipinski definition) is 1. The van der Waals surface area contributed by atoms with Gasteiger partial charge in [-0.1, -0.05) is 53.2 Å². The van der Waals surface area contributed by atoms with Crippen molar-refractivity contribution in [2.24, 2.45) is 0 Å². The van der Waals surface area contributed by atoms with E-state index in [0.29, 0.717) is 20.9 Å². The number of halogens is 2. The fourth-order valence-electron chi connectivity index (χ4n) is 3.38. The molecular formula is C21H21Cl2N5OS. The summed E-state index contributed by atoms with van der Waals surface area (Å²) < 4.78 is 2.03. The van der Waals surface area contributed by atoms with Crippen molar-refractivity contribution in [2.75, 3.05) is 24.2 Å². The van der Waals surface area contributed by atoms with Gasteiger partial charge in [0.15, 0.2) is 11.0 Å². The van der Waals surface area contributed by atoms with Crippen molar-refractivity contribution in [1.29, 1.82) is 0 Å². The first kappa shape index (κ1) is 21.2. The fourth-order valence-corrected chi connectivity index (χ4v) is 4.49. The molecule has 2 aromatic carbocycles. The number of benzene rings is 2. The van der Waals surface area contributed by atoms with E-state index in [4.69, 9.17) is 23.2 Å². The van der Waals surface area contributed by atoms with Crippen LogP contribution < -0.4 is 5.32 Å². The molecule has 2 heterocycles. The summed E-state index contributed by atoms with van der Waals surface area (Å²) in [7, 11) is 0. The minimum atomic E-state index is -0.187. The Hall–Kier alpha value is -2.06. The van der Waals surface area contributed by atoms with E-state index in [1.54, 1.807) is 18.2 Å². The number of hydrogen-bond acceptors (Lipinski definition) is 5. The molecule has 1 saturated heterocycles. The van der Waals surface area contributed by atoms with Gasteiger partial charge in [0.1, 0.15) is 0 Å². The number of rotatable bonds is 7. The van der Waals surface area contributed by atoms with E-state index in [9.17, 15) is 4.79 Å². The number of anilines is 1. The van der Waals surface area contributed by atoms with Gasteiger partial charge in [0.05, 0.1) is 23.0 Å². The average molecular weight is 462 g/mol. The number of nitrogens with zero attached hydrogens (tertiary/aromatic N) is 4. The van der Waals surface area contributed by atoms with E-state index in [2.05, 4.69) is 20.4 Å². The number of aromatic nitrogens is 3. The molecule has 156 valence electrons. The average Bonchev–Trinajstić information content (AvgIpc) is 3.40. The molecule has 4 rings (SSSR count). The Morgan fingerprint density at radius 3 is 2.60 bits per heavy atom. The van der Waals surface area contributed by atoms with E-state index in [1.165, 1.54) is 24.6 Å². The molecule has 1 amide bonds. The highest BCUT2D eigenvalue weighted by Gasteiger charge is 2.20. The van der Waals surface area contributed by atoms with Crippen molar-refractivity contribution in [1.82, 2.24) is 19.7 Å². The maximum atomic E-state index is 12.5. The van der Waals surface area contributed by atoms with Gasteiger partial charge in [0.25, 0.3) is 0 Å². The summed E-state index contributed by atoms with van der Waals surface area (Å²) in [5.74, 6) is 0.870. The monoisotopic (exact) mass is 461 g/mol. The Kier molecular flexibility index (Phi) is 6.94. The Labute approximate surface area is 189 Å². The first-order chi connectivity index (χ1) is 14.6. The highest BCUT2D eigenvalue weighted by Crippen LogP contribution is 2.27. The lowest BCUT2D eigenvalue weighted by atomic mass is 10.3. The number of amides is 1. The Bertz CT molecular complexity index is 1020. The van der Waals surface area contributed by atoms with Gasteiger partial charge in [-0.15, -0.1) is 10.2 Å². The lowest BCUT2D eigenvalue weighted by Gasteiger charge is -2.16. The first-order valence-corrected chi connectivity index (χ1v) is 11.4. The third-order valence-electron chi connectivity index (χ3n) is 4.81. The summed E-state index contributed by atoms with van der Waals surface area (Å²) in [4.78, 5) is 14.9. The zero-order chi connectivity index (χ0) is 20.9. The largest absolute Gasteiger partial charge is 0.324 e. The molecule has 0 bridgehead atoms. The number of thioether (sulfide) groups is 1. The molecule has 1 N–H and O–H groups in total. The molecule has 0 aliphatic carbocycles. The minimum Gasteiger partial charge on any atom is -0.324 e. The number of para-hydroxylation sites is 1. The van der Waals surface area contributed by atoms with Crippen LogP contribution >= 0.6 is 35.0 Å². The summed E-state index contributed by atoms with van der Waals surface area (Å²) in [5, 5.41) is 13.2. The predicted octanol–water partition coefficient (Wildman–Crippen LogP) is 4.90. The molecule has 1 aliphatic heterocycles. The summed E-state index contributed by atoms with van der Waals surface area (Å²) in [5.41, 5.74) is 1.48. The number of likely N-dealkylation sites (tertiary alicyclic amines) is 1. The molecule has 6 nitrogen and oxygen atoms in total. The second kappa shape index (κ2) is 9.83. The second-order valence-corrected chi connectivity index (χ2v) is 8.80. The zero-order valence-electron chi connectivity index (χ0n) is 16.2. The van der Waals surface area contributed by atoms with Crippen LogP contribution in [0.25, 0.3) is 5.69 Å². The van der Waals surface area contributed by atoms with Gasteiger partial charge in [-0.05, 0) is 56.3 Å². The molecule has 30 heavy (non-hydrogen) atoms. The molecule has 0 saturated carbocycles. The van der Waals surface area contributed by atoms with E-state index in [1.807, 2.05) is 34.9 Å². The number of carbonyl (C=O) groups is 1. The molecular weight excluding hydrogens is 441 g/mol. The molecule has 0 spiro atoms. The highest BCUT2D eigenvalue weighted by molar-refractivity contribution is 7.99. The van der Waals surface area contributed by atoms with Crippen LogP contribution in [0.1, 0.15) is 18.7 Å². The molecule has 1 aliphatic rings. The normalized spacial score (nSPS) is 14.2. The quantitative estimate of drug-likeness (QED) is 0.506. The highest BCUT2D eigenvalue weighted by atomic mass is 35.5. The van der Waals surface area contributed by atoms with Crippen molar-refractivity contribution >= 4 is 46.6 Å². The van der Waals surface area contributed by atoms with Crippen molar-refractivity contribution in [3.63, 3.8) is 0 Å². The van der Waals surface area contributed by atoms with Crippen molar-refractivity contribution in [3.8, 4) is 5.69 Å². The predicted molar refractivity (Wildman–Crippen MR) is 122 cm³/mol. The van der Waals surface area contributed by atoms with Gasteiger partial charge >= 0.3 is 0 Å². The Morgan fingerprint density at radius 1 is 1.07 bits per heavy atom. The van der Waals surface area contributed by atoms with Gasteiger partial charge < -0.3 is 5.32 Å². The van der Waals surface area contributed by atoms with Crippen LogP contribution in [-0.2, 0) is 11.3 Å². The van der Waals surface area contributed by atoms with Gasteiger partial charge in [-0.25, -0.2) is 0 Å². The summed E-state index contributed by atoms with van der Waals surface area (Å²) >= 11 is 13.5. The Balaban J connectivity index is 1.50. The molecule has 1 aromatic heterocycles. The van der Waals surface area contributed by atoms with Gasteiger partial charge in [-0.3, -0.25) is 14.3 Å². The third kappa shape index (κ3) is 5.16. The molecule has 0 radical (unpaired) electrons. The van der Waals surface area contributed by atoms with Crippen LogP contribution in [0, 0.1) is 0 Å². The van der Waals surface area contributed by atoms with Crippen LogP contribution in [-0.4, -0.2) is 44.4 Å². The summed E-state index contributed by atoms with van der Waals surface area (Å²) in [6.45, 7) is 2.90. The Morgan fingerprint density at radius 2 is 1.83 bits per heavy atom. The standard InChI is InChI=1S/C21H21Cl2N5OS/c22-15-8-9-17(23)18(12-15)24-20(29)14-30-21-26-25-19(13-27-10-4-5-11-27)28(21)16-6-2-1-3-7-16/h1-3,6-9,12H,4-5,10-11,13-14H2,(H,24,29). The van der Waals surface area contributed by atoms with Crippen molar-refractivity contribution in [2.45, 2.75) is 24.5 Å². The van der Waals surface area contributed by atoms with Crippen LogP contribution in [0.3, 0.4) is 0 Å². The summed E-state index contributed by atoms with van der Waals surface area (Å²) in [6, 6.07) is 15.0. The number of carbonyl (C=O) groups excluding carboxylic acids is 1. The SMILES string of the molecule is O=C(CSc1nnc(CN2CCCC2)n1-c1ccccc1)Nc1cc(Cl)ccc1Cl. The van der Waals surface area contributed by atoms with Crippen molar-refractivity contribution < 1.29 is 4.79 Å². The van der Waals surface area contributed by atoms with Crippen molar-refractivity contribution in [3.05, 3.63) is 64.4 Å². The lowest BCUT2D eigenvalue weighted by Crippen LogP contribution is -2.21. The van der Waals surface area contributed by atoms with Crippen LogP contribution in [0.2, 0.25) is 10.0 Å². The maximum Gasteiger partial charge on any atom is 0.234 e. The fraction of sp³-hybridized carbons (Fsp3) is 0.286. The lowest BCUT2D eigenvalue weighted by molar-refractivity contribution is -0.113. The van der Waals surface area contributed by atoms with E-state index >= 15 is 0 Å². The smallest absolute Gasteiger partial charge is 0.234 e. The third-order valence-corrected chi connectivity index (χ3v) is 6.31. The van der Waals surface area contributed by atoms with Gasteiger partial charge in [0, 0.05) is 10.7 Å². The van der Waals surface area contributed by atoms with Crippen LogP contribution in [0.15, 0.2) is 53.7 Å². The maximum absolute atomic E-state index is 12.5. The summed E-state index contributed by atoms with van der Waals surface area (Å²) in [6.07, 6.45) is 2.43. The zero-order valence-corrected chi connectivity index (χ0v) is 18.6. The van der Waals surface area contributed by atoms with Gasteiger partial charge in [-0.2, -0.15) is 0 Å². The minimum absolute atomic E-state index is 0.178. The topological polar surface area (TPSA) is 63.1 Å². The van der Waals surface area contributed by atoms with Crippen LogP contribution in [0.5, 0.6) is 0 Å². The van der Waals surface area contributed by atoms with E-state index in [-0.39, 0.29) is 11.7 Å². The molecule has 9 heteroatoms. The molecule has 0 unspecified atom stereocenters. The van der Waals surface area contributed by atoms with E-state index in [0.717, 1.165) is 31.1 Å². The molecule has 3 aromatic rings. The molecule has 0 atom stereocenters. The van der Waals surface area contributed by atoms with Gasteiger partial charge in [0.2, 0.25) is 5.91 Å².